The monoisotopic (exact) mass is 365 g/mol. The Bertz CT molecular complexity index is 827. The number of rotatable bonds is 3. The molecule has 1 aliphatic heterocycles. The molecule has 2 amide bonds. The molecule has 5 heteroatoms. The lowest BCUT2D eigenvalue weighted by Crippen LogP contribution is -2.50. The van der Waals surface area contributed by atoms with Crippen molar-refractivity contribution in [2.24, 2.45) is 5.73 Å². The van der Waals surface area contributed by atoms with Crippen LogP contribution in [0, 0.1) is 0 Å². The molecule has 0 fully saturated rings. The molecule has 0 aromatic heterocycles. The number of carbonyl (C=O) groups is 2. The number of anilines is 1. The van der Waals surface area contributed by atoms with Gasteiger partial charge in [0.15, 0.2) is 0 Å². The molecule has 0 saturated carbocycles. The van der Waals surface area contributed by atoms with Gasteiger partial charge in [0.1, 0.15) is 6.54 Å². The molecule has 2 aromatic carbocycles. The van der Waals surface area contributed by atoms with Crippen molar-refractivity contribution >= 4 is 17.5 Å². The Kier molecular flexibility index (Phi) is 5.33. The van der Waals surface area contributed by atoms with E-state index in [4.69, 9.17) is 5.73 Å². The maximum atomic E-state index is 13.0. The summed E-state index contributed by atoms with van der Waals surface area (Å²) in [5, 5.41) is 2.92. The molecule has 0 spiro atoms. The highest BCUT2D eigenvalue weighted by Gasteiger charge is 2.34. The number of hydrogen-bond acceptors (Lipinski definition) is 3. The number of fused-ring (bicyclic) bond motifs is 1. The minimum absolute atomic E-state index is 0.0111. The lowest BCUT2D eigenvalue weighted by Gasteiger charge is -2.27. The maximum absolute atomic E-state index is 13.0. The number of para-hydroxylation sites is 1. The van der Waals surface area contributed by atoms with Crippen LogP contribution in [0.25, 0.3) is 0 Å². The number of carbonyl (C=O) groups excluding carboxylic acids is 2. The molecule has 2 aromatic rings. The van der Waals surface area contributed by atoms with E-state index in [1.807, 2.05) is 63.2 Å². The molecule has 2 unspecified atom stereocenters. The van der Waals surface area contributed by atoms with Gasteiger partial charge in [-0.25, -0.2) is 0 Å². The predicted octanol–water partition coefficient (Wildman–Crippen LogP) is 2.80. The van der Waals surface area contributed by atoms with Gasteiger partial charge in [-0.1, -0.05) is 48.5 Å². The molecule has 27 heavy (non-hydrogen) atoms. The summed E-state index contributed by atoms with van der Waals surface area (Å²) in [5.74, 6) is -0.405. The van der Waals surface area contributed by atoms with E-state index in [0.717, 1.165) is 16.8 Å². The quantitative estimate of drug-likeness (QED) is 0.878. The lowest BCUT2D eigenvalue weighted by molar-refractivity contribution is -0.125. The summed E-state index contributed by atoms with van der Waals surface area (Å²) in [7, 11) is 0. The summed E-state index contributed by atoms with van der Waals surface area (Å²) < 4.78 is 0. The molecule has 3 N–H and O–H groups in total. The predicted molar refractivity (Wildman–Crippen MR) is 108 cm³/mol. The van der Waals surface area contributed by atoms with Crippen LogP contribution in [-0.4, -0.2) is 29.9 Å². The van der Waals surface area contributed by atoms with Gasteiger partial charge in [-0.05, 0) is 44.4 Å². The summed E-state index contributed by atoms with van der Waals surface area (Å²) >= 11 is 0. The Morgan fingerprint density at radius 1 is 1.11 bits per heavy atom. The fourth-order valence-corrected chi connectivity index (χ4v) is 3.59. The van der Waals surface area contributed by atoms with Crippen LogP contribution >= 0.6 is 0 Å². The minimum Gasteiger partial charge on any atom is -0.350 e. The summed E-state index contributed by atoms with van der Waals surface area (Å²) in [4.78, 5) is 27.0. The zero-order valence-electron chi connectivity index (χ0n) is 16.1. The third-order valence-corrected chi connectivity index (χ3v) is 4.69. The van der Waals surface area contributed by atoms with E-state index in [0.29, 0.717) is 6.42 Å². The van der Waals surface area contributed by atoms with Gasteiger partial charge in [0.25, 0.3) is 0 Å². The van der Waals surface area contributed by atoms with Gasteiger partial charge in [0.05, 0.1) is 6.04 Å². The van der Waals surface area contributed by atoms with Crippen LogP contribution in [0.1, 0.15) is 44.2 Å². The van der Waals surface area contributed by atoms with Crippen LogP contribution in [0.5, 0.6) is 0 Å². The highest BCUT2D eigenvalue weighted by Crippen LogP contribution is 2.38. The number of amides is 2. The van der Waals surface area contributed by atoms with Gasteiger partial charge < -0.3 is 16.0 Å². The molecule has 5 nitrogen and oxygen atoms in total. The lowest BCUT2D eigenvalue weighted by atomic mass is 9.86. The van der Waals surface area contributed by atoms with Crippen LogP contribution in [0.2, 0.25) is 0 Å². The smallest absolute Gasteiger partial charge is 0.244 e. The average Bonchev–Trinajstić information content (AvgIpc) is 2.72. The summed E-state index contributed by atoms with van der Waals surface area (Å²) in [6, 6.07) is 17.2. The fraction of sp³-hybridized carbons (Fsp3) is 0.364. The summed E-state index contributed by atoms with van der Waals surface area (Å²) in [6.45, 7) is 5.71. The second kappa shape index (κ2) is 7.53. The third-order valence-electron chi connectivity index (χ3n) is 4.69. The molecule has 3 rings (SSSR count). The van der Waals surface area contributed by atoms with E-state index >= 15 is 0 Å². The van der Waals surface area contributed by atoms with E-state index in [-0.39, 0.29) is 29.8 Å². The van der Waals surface area contributed by atoms with Gasteiger partial charge >= 0.3 is 0 Å². The summed E-state index contributed by atoms with van der Waals surface area (Å²) in [6.07, 6.45) is 0.511. The van der Waals surface area contributed by atoms with E-state index in [2.05, 4.69) is 17.4 Å². The topological polar surface area (TPSA) is 75.4 Å². The van der Waals surface area contributed by atoms with Gasteiger partial charge in [0, 0.05) is 17.1 Å². The average molecular weight is 365 g/mol. The first kappa shape index (κ1) is 19.1. The van der Waals surface area contributed by atoms with Crippen LogP contribution < -0.4 is 16.0 Å². The Morgan fingerprint density at radius 2 is 1.74 bits per heavy atom. The van der Waals surface area contributed by atoms with Crippen molar-refractivity contribution in [3.63, 3.8) is 0 Å². The van der Waals surface area contributed by atoms with Crippen LogP contribution in [0.3, 0.4) is 0 Å². The summed E-state index contributed by atoms with van der Waals surface area (Å²) in [5.41, 5.74) is 8.79. The first-order valence-corrected chi connectivity index (χ1v) is 9.28. The van der Waals surface area contributed by atoms with Crippen molar-refractivity contribution in [3.05, 3.63) is 65.7 Å². The van der Waals surface area contributed by atoms with Crippen molar-refractivity contribution in [1.29, 1.82) is 0 Å². The van der Waals surface area contributed by atoms with Gasteiger partial charge in [-0.2, -0.15) is 0 Å². The Balaban J connectivity index is 2.00. The van der Waals surface area contributed by atoms with E-state index < -0.39 is 6.04 Å². The third kappa shape index (κ3) is 4.37. The number of nitrogens with zero attached hydrogens (tertiary/aromatic N) is 1. The SMILES string of the molecule is CC(C)(C)NC(=O)CN1C(=O)C(N)CC(c2ccccc2)c2ccccc21. The minimum atomic E-state index is -0.662. The van der Waals surface area contributed by atoms with E-state index in [1.165, 1.54) is 4.90 Å². The maximum Gasteiger partial charge on any atom is 0.244 e. The first-order chi connectivity index (χ1) is 12.8. The van der Waals surface area contributed by atoms with Crippen LogP contribution in [0.4, 0.5) is 5.69 Å². The van der Waals surface area contributed by atoms with Crippen molar-refractivity contribution in [3.8, 4) is 0 Å². The number of nitrogens with one attached hydrogen (secondary N) is 1. The Hall–Kier alpha value is -2.66. The first-order valence-electron chi connectivity index (χ1n) is 9.28. The molecule has 1 heterocycles. The largest absolute Gasteiger partial charge is 0.350 e. The molecule has 0 aliphatic carbocycles. The fourth-order valence-electron chi connectivity index (χ4n) is 3.59. The number of hydrogen-bond donors (Lipinski definition) is 2. The highest BCUT2D eigenvalue weighted by atomic mass is 16.2. The highest BCUT2D eigenvalue weighted by molar-refractivity contribution is 6.03. The molecule has 2 atom stereocenters. The molecular formula is C22H27N3O2. The standard InChI is InChI=1S/C22H27N3O2/c1-22(2,3)24-20(26)14-25-19-12-8-7-11-16(19)17(13-18(23)21(25)27)15-9-5-4-6-10-15/h4-12,17-18H,13-14,23H2,1-3H3,(H,24,26). The Morgan fingerprint density at radius 3 is 2.41 bits per heavy atom. The molecule has 142 valence electrons. The van der Waals surface area contributed by atoms with Gasteiger partial charge in [0.2, 0.25) is 11.8 Å². The van der Waals surface area contributed by atoms with Gasteiger partial charge in [-0.3, -0.25) is 9.59 Å². The number of nitrogens with two attached hydrogens (primary N) is 1. The van der Waals surface area contributed by atoms with Crippen molar-refractivity contribution in [2.45, 2.75) is 44.7 Å². The molecular weight excluding hydrogens is 338 g/mol. The van der Waals surface area contributed by atoms with Crippen molar-refractivity contribution in [2.75, 3.05) is 11.4 Å². The van der Waals surface area contributed by atoms with Crippen molar-refractivity contribution in [1.82, 2.24) is 5.32 Å². The van der Waals surface area contributed by atoms with Crippen molar-refractivity contribution < 1.29 is 9.59 Å². The second-order valence-corrected chi connectivity index (χ2v) is 8.09. The Labute approximate surface area is 160 Å². The van der Waals surface area contributed by atoms with Gasteiger partial charge in [-0.15, -0.1) is 0 Å². The zero-order valence-corrected chi connectivity index (χ0v) is 16.1. The normalized spacial score (nSPS) is 20.0. The van der Waals surface area contributed by atoms with Crippen LogP contribution in [0.15, 0.2) is 54.6 Å². The van der Waals surface area contributed by atoms with E-state index in [9.17, 15) is 9.59 Å². The van der Waals surface area contributed by atoms with E-state index in [1.54, 1.807) is 0 Å². The molecule has 1 aliphatic rings. The number of benzene rings is 2. The molecule has 0 radical (unpaired) electrons. The molecule has 0 bridgehead atoms. The molecule has 0 saturated heterocycles. The zero-order chi connectivity index (χ0) is 19.6. The van der Waals surface area contributed by atoms with Crippen LogP contribution in [-0.2, 0) is 9.59 Å². The second-order valence-electron chi connectivity index (χ2n) is 8.09.